The summed E-state index contributed by atoms with van der Waals surface area (Å²) in [4.78, 5) is 38.7. The summed E-state index contributed by atoms with van der Waals surface area (Å²) in [5.41, 5.74) is 0.962. The van der Waals surface area contributed by atoms with Gasteiger partial charge >= 0.3 is 0 Å². The summed E-state index contributed by atoms with van der Waals surface area (Å²) in [5, 5.41) is 0. The van der Waals surface area contributed by atoms with Gasteiger partial charge in [-0.05, 0) is 23.8 Å². The van der Waals surface area contributed by atoms with Gasteiger partial charge in [0.05, 0.1) is 0 Å². The molecular formula is C20H25N5O2. The molecule has 0 unspecified atom stereocenters. The van der Waals surface area contributed by atoms with Crippen LogP contribution in [0, 0.1) is 0 Å². The molecule has 0 bridgehead atoms. The molecule has 1 saturated heterocycles. The molecule has 0 aliphatic carbocycles. The van der Waals surface area contributed by atoms with Gasteiger partial charge in [0.25, 0.3) is 0 Å². The fourth-order valence-corrected chi connectivity index (χ4v) is 3.17. The van der Waals surface area contributed by atoms with E-state index in [1.807, 2.05) is 35.2 Å². The molecule has 1 aliphatic heterocycles. The number of rotatable bonds is 6. The molecular weight excluding hydrogens is 342 g/mol. The second-order valence-electron chi connectivity index (χ2n) is 6.61. The third-order valence-electron chi connectivity index (χ3n) is 4.74. The smallest absolute Gasteiger partial charge is 0.224 e. The minimum absolute atomic E-state index is 0.0355. The number of pyridine rings is 2. The molecule has 0 aromatic carbocycles. The predicted octanol–water partition coefficient (Wildman–Crippen LogP) is 1.56. The summed E-state index contributed by atoms with van der Waals surface area (Å²) in [6.07, 6.45) is 5.57. The maximum atomic E-state index is 12.6. The van der Waals surface area contributed by atoms with Crippen LogP contribution in [0.25, 0.3) is 0 Å². The molecule has 2 aromatic rings. The Balaban J connectivity index is 1.48. The van der Waals surface area contributed by atoms with E-state index in [-0.39, 0.29) is 11.8 Å². The number of nitrogens with zero attached hydrogens (tertiary/aromatic N) is 5. The van der Waals surface area contributed by atoms with E-state index in [2.05, 4.69) is 14.9 Å². The monoisotopic (exact) mass is 367 g/mol. The van der Waals surface area contributed by atoms with Gasteiger partial charge in [0.15, 0.2) is 0 Å². The first kappa shape index (κ1) is 18.8. The number of aromatic nitrogens is 2. The van der Waals surface area contributed by atoms with Gasteiger partial charge in [-0.25, -0.2) is 4.98 Å². The first-order valence-corrected chi connectivity index (χ1v) is 9.21. The van der Waals surface area contributed by atoms with Crippen molar-refractivity contribution in [1.82, 2.24) is 19.8 Å². The van der Waals surface area contributed by atoms with Gasteiger partial charge in [-0.3, -0.25) is 14.6 Å². The summed E-state index contributed by atoms with van der Waals surface area (Å²) in [5.74, 6) is 1.00. The van der Waals surface area contributed by atoms with Crippen LogP contribution in [-0.2, 0) is 16.1 Å². The number of carbonyl (C=O) groups excluding carboxylic acids is 2. The lowest BCUT2D eigenvalue weighted by Crippen LogP contribution is -2.49. The van der Waals surface area contributed by atoms with Gasteiger partial charge in [0.1, 0.15) is 5.82 Å². The molecule has 3 heterocycles. The number of hydrogen-bond acceptors (Lipinski definition) is 5. The Morgan fingerprint density at radius 1 is 1.07 bits per heavy atom. The SMILES string of the molecule is CC(=O)N(CCC(=O)N1CCN(c2ccccn2)CC1)Cc1cccnc1. The quantitative estimate of drug-likeness (QED) is 0.775. The highest BCUT2D eigenvalue weighted by molar-refractivity contribution is 5.78. The van der Waals surface area contributed by atoms with Crippen LogP contribution in [0.4, 0.5) is 5.82 Å². The Kier molecular flexibility index (Phi) is 6.35. The summed E-state index contributed by atoms with van der Waals surface area (Å²) in [6, 6.07) is 9.64. The fraction of sp³-hybridized carbons (Fsp3) is 0.400. The van der Waals surface area contributed by atoms with Crippen LogP contribution in [0.3, 0.4) is 0 Å². The highest BCUT2D eigenvalue weighted by Gasteiger charge is 2.22. The number of anilines is 1. The molecule has 27 heavy (non-hydrogen) atoms. The van der Waals surface area contributed by atoms with E-state index < -0.39 is 0 Å². The molecule has 1 aliphatic rings. The van der Waals surface area contributed by atoms with Crippen LogP contribution < -0.4 is 4.90 Å². The Hall–Kier alpha value is -2.96. The number of carbonyl (C=O) groups is 2. The van der Waals surface area contributed by atoms with Crippen LogP contribution >= 0.6 is 0 Å². The Morgan fingerprint density at radius 3 is 2.52 bits per heavy atom. The molecule has 1 fully saturated rings. The third-order valence-corrected chi connectivity index (χ3v) is 4.74. The zero-order valence-corrected chi connectivity index (χ0v) is 15.6. The zero-order valence-electron chi connectivity index (χ0n) is 15.6. The van der Waals surface area contributed by atoms with E-state index in [4.69, 9.17) is 0 Å². The maximum Gasteiger partial charge on any atom is 0.224 e. The third kappa shape index (κ3) is 5.26. The molecule has 0 atom stereocenters. The van der Waals surface area contributed by atoms with E-state index in [0.29, 0.717) is 32.6 Å². The predicted molar refractivity (Wildman–Crippen MR) is 103 cm³/mol. The van der Waals surface area contributed by atoms with Gasteiger partial charge in [-0.15, -0.1) is 0 Å². The maximum absolute atomic E-state index is 12.6. The van der Waals surface area contributed by atoms with E-state index in [0.717, 1.165) is 24.5 Å². The van der Waals surface area contributed by atoms with E-state index in [9.17, 15) is 9.59 Å². The molecule has 0 saturated carbocycles. The molecule has 7 nitrogen and oxygen atoms in total. The van der Waals surface area contributed by atoms with E-state index in [1.165, 1.54) is 6.92 Å². The fourth-order valence-electron chi connectivity index (χ4n) is 3.17. The minimum atomic E-state index is -0.0355. The zero-order chi connectivity index (χ0) is 19.1. The van der Waals surface area contributed by atoms with Crippen molar-refractivity contribution in [2.45, 2.75) is 19.9 Å². The van der Waals surface area contributed by atoms with E-state index >= 15 is 0 Å². The Labute approximate surface area is 159 Å². The summed E-state index contributed by atoms with van der Waals surface area (Å²) in [6.45, 7) is 5.33. The van der Waals surface area contributed by atoms with Crippen LogP contribution in [0.5, 0.6) is 0 Å². The Morgan fingerprint density at radius 2 is 1.89 bits per heavy atom. The van der Waals surface area contributed by atoms with Crippen LogP contribution in [0.15, 0.2) is 48.9 Å². The molecule has 3 rings (SSSR count). The van der Waals surface area contributed by atoms with Gasteiger partial charge in [-0.2, -0.15) is 0 Å². The number of piperazine rings is 1. The molecule has 0 spiro atoms. The molecule has 7 heteroatoms. The van der Waals surface area contributed by atoms with Crippen molar-refractivity contribution >= 4 is 17.6 Å². The van der Waals surface area contributed by atoms with Crippen molar-refractivity contribution in [1.29, 1.82) is 0 Å². The van der Waals surface area contributed by atoms with Crippen molar-refractivity contribution in [2.75, 3.05) is 37.6 Å². The van der Waals surface area contributed by atoms with Crippen molar-refractivity contribution in [3.05, 3.63) is 54.5 Å². The number of amides is 2. The van der Waals surface area contributed by atoms with Gasteiger partial charge in [0.2, 0.25) is 11.8 Å². The lowest BCUT2D eigenvalue weighted by Gasteiger charge is -2.35. The van der Waals surface area contributed by atoms with Crippen LogP contribution in [-0.4, -0.2) is 64.3 Å². The van der Waals surface area contributed by atoms with Gasteiger partial charge < -0.3 is 14.7 Å². The van der Waals surface area contributed by atoms with Crippen LogP contribution in [0.1, 0.15) is 18.9 Å². The minimum Gasteiger partial charge on any atom is -0.353 e. The molecule has 0 radical (unpaired) electrons. The average Bonchev–Trinajstić information content (AvgIpc) is 2.72. The normalized spacial score (nSPS) is 14.1. The second kappa shape index (κ2) is 9.12. The summed E-state index contributed by atoms with van der Waals surface area (Å²) in [7, 11) is 0. The first-order valence-electron chi connectivity index (χ1n) is 9.21. The average molecular weight is 367 g/mol. The molecule has 142 valence electrons. The lowest BCUT2D eigenvalue weighted by atomic mass is 10.2. The highest BCUT2D eigenvalue weighted by atomic mass is 16.2. The summed E-state index contributed by atoms with van der Waals surface area (Å²) >= 11 is 0. The first-order chi connectivity index (χ1) is 13.1. The molecule has 2 amide bonds. The van der Waals surface area contributed by atoms with Gasteiger partial charge in [-0.1, -0.05) is 12.1 Å². The molecule has 0 N–H and O–H groups in total. The van der Waals surface area contributed by atoms with Crippen molar-refractivity contribution in [3.8, 4) is 0 Å². The van der Waals surface area contributed by atoms with Gasteiger partial charge in [0, 0.05) is 71.2 Å². The van der Waals surface area contributed by atoms with Crippen LogP contribution in [0.2, 0.25) is 0 Å². The van der Waals surface area contributed by atoms with E-state index in [1.54, 1.807) is 23.5 Å². The lowest BCUT2D eigenvalue weighted by molar-refractivity contribution is -0.134. The topological polar surface area (TPSA) is 69.6 Å². The second-order valence-corrected chi connectivity index (χ2v) is 6.61. The standard InChI is InChI=1S/C20H25N5O2/c1-17(26)25(16-18-5-4-8-21-15-18)10-7-20(27)24-13-11-23(12-14-24)19-6-2-3-9-22-19/h2-6,8-9,15H,7,10-14,16H2,1H3. The number of hydrogen-bond donors (Lipinski definition) is 0. The largest absolute Gasteiger partial charge is 0.353 e. The summed E-state index contributed by atoms with van der Waals surface area (Å²) < 4.78 is 0. The van der Waals surface area contributed by atoms with Crippen molar-refractivity contribution in [3.63, 3.8) is 0 Å². The van der Waals surface area contributed by atoms with Crippen molar-refractivity contribution in [2.24, 2.45) is 0 Å². The molecule has 2 aromatic heterocycles. The Bertz CT molecular complexity index is 745. The highest BCUT2D eigenvalue weighted by Crippen LogP contribution is 2.13. The van der Waals surface area contributed by atoms with Crippen molar-refractivity contribution < 1.29 is 9.59 Å².